The standard InChI is InChI=1S/C20H25ClIN3O/c1-14-6-7-15(12-17(14)22)20(26)23-18-13-16(21)8-9-19(18)25(4)11-5-10-24(2)3/h6-9,12-13H,5,10-11H2,1-4H3,(H,23,26). The lowest BCUT2D eigenvalue weighted by atomic mass is 10.1. The van der Waals surface area contributed by atoms with Crippen LogP contribution in [0.4, 0.5) is 11.4 Å². The summed E-state index contributed by atoms with van der Waals surface area (Å²) in [5.41, 5.74) is 3.49. The van der Waals surface area contributed by atoms with Gasteiger partial charge in [-0.25, -0.2) is 0 Å². The van der Waals surface area contributed by atoms with Crippen LogP contribution in [0.5, 0.6) is 0 Å². The minimum Gasteiger partial charge on any atom is -0.373 e. The average Bonchev–Trinajstić information content (AvgIpc) is 2.57. The van der Waals surface area contributed by atoms with Crippen molar-refractivity contribution < 1.29 is 4.79 Å². The predicted molar refractivity (Wildman–Crippen MR) is 120 cm³/mol. The molecule has 6 heteroatoms. The van der Waals surface area contributed by atoms with Gasteiger partial charge < -0.3 is 15.1 Å². The molecule has 2 aromatic carbocycles. The molecule has 140 valence electrons. The first-order valence-corrected chi connectivity index (χ1v) is 9.96. The fourth-order valence-corrected chi connectivity index (χ4v) is 3.30. The van der Waals surface area contributed by atoms with Gasteiger partial charge in [0.15, 0.2) is 0 Å². The van der Waals surface area contributed by atoms with Crippen molar-refractivity contribution in [2.75, 3.05) is 44.4 Å². The second-order valence-electron chi connectivity index (χ2n) is 6.66. The molecular formula is C20H25ClIN3O. The quantitative estimate of drug-likeness (QED) is 0.567. The maximum absolute atomic E-state index is 12.7. The average molecular weight is 486 g/mol. The number of nitrogens with zero attached hydrogens (tertiary/aromatic N) is 2. The third-order valence-corrected chi connectivity index (χ3v) is 5.55. The van der Waals surface area contributed by atoms with Gasteiger partial charge in [-0.2, -0.15) is 0 Å². The van der Waals surface area contributed by atoms with Crippen LogP contribution < -0.4 is 10.2 Å². The fraction of sp³-hybridized carbons (Fsp3) is 0.350. The summed E-state index contributed by atoms with van der Waals surface area (Å²) in [4.78, 5) is 17.0. The van der Waals surface area contributed by atoms with Gasteiger partial charge in [0.1, 0.15) is 0 Å². The van der Waals surface area contributed by atoms with Gasteiger partial charge in [-0.1, -0.05) is 17.7 Å². The number of aryl methyl sites for hydroxylation is 1. The van der Waals surface area contributed by atoms with E-state index in [2.05, 4.69) is 51.8 Å². The molecule has 0 aliphatic carbocycles. The summed E-state index contributed by atoms with van der Waals surface area (Å²) in [5, 5.41) is 3.62. The monoisotopic (exact) mass is 485 g/mol. The molecule has 0 fully saturated rings. The summed E-state index contributed by atoms with van der Waals surface area (Å²) in [7, 11) is 6.16. The number of nitrogens with one attached hydrogen (secondary N) is 1. The predicted octanol–water partition coefficient (Wildman–Crippen LogP) is 4.89. The molecule has 0 heterocycles. The van der Waals surface area contributed by atoms with Gasteiger partial charge in [-0.15, -0.1) is 0 Å². The van der Waals surface area contributed by atoms with Crippen molar-refractivity contribution >= 4 is 51.5 Å². The first-order chi connectivity index (χ1) is 12.3. The Morgan fingerprint density at radius 2 is 1.85 bits per heavy atom. The normalized spacial score (nSPS) is 10.9. The van der Waals surface area contributed by atoms with E-state index >= 15 is 0 Å². The van der Waals surface area contributed by atoms with E-state index in [9.17, 15) is 4.79 Å². The van der Waals surface area contributed by atoms with Crippen LogP contribution in [-0.4, -0.2) is 45.0 Å². The lowest BCUT2D eigenvalue weighted by Crippen LogP contribution is -2.24. The Hall–Kier alpha value is -1.31. The zero-order valence-electron chi connectivity index (χ0n) is 15.6. The lowest BCUT2D eigenvalue weighted by molar-refractivity contribution is 0.102. The van der Waals surface area contributed by atoms with Gasteiger partial charge in [0, 0.05) is 27.7 Å². The minimum absolute atomic E-state index is 0.131. The van der Waals surface area contributed by atoms with Crippen LogP contribution in [0.25, 0.3) is 0 Å². The molecule has 2 rings (SSSR count). The van der Waals surface area contributed by atoms with Crippen molar-refractivity contribution in [1.82, 2.24) is 4.90 Å². The highest BCUT2D eigenvalue weighted by atomic mass is 127. The Morgan fingerprint density at radius 1 is 1.12 bits per heavy atom. The van der Waals surface area contributed by atoms with E-state index in [0.717, 1.165) is 40.0 Å². The van der Waals surface area contributed by atoms with Crippen molar-refractivity contribution in [3.8, 4) is 0 Å². The van der Waals surface area contributed by atoms with Gasteiger partial charge in [-0.3, -0.25) is 4.79 Å². The number of hydrogen-bond acceptors (Lipinski definition) is 3. The largest absolute Gasteiger partial charge is 0.373 e. The first kappa shape index (κ1) is 21.0. The van der Waals surface area contributed by atoms with Crippen LogP contribution in [-0.2, 0) is 0 Å². The van der Waals surface area contributed by atoms with Crippen molar-refractivity contribution in [1.29, 1.82) is 0 Å². The van der Waals surface area contributed by atoms with Crippen LogP contribution in [0.15, 0.2) is 36.4 Å². The van der Waals surface area contributed by atoms with Gasteiger partial charge in [0.2, 0.25) is 0 Å². The lowest BCUT2D eigenvalue weighted by Gasteiger charge is -2.23. The molecule has 0 bridgehead atoms. The van der Waals surface area contributed by atoms with E-state index < -0.39 is 0 Å². The summed E-state index contributed by atoms with van der Waals surface area (Å²) < 4.78 is 1.07. The molecule has 0 saturated heterocycles. The summed E-state index contributed by atoms with van der Waals surface area (Å²) >= 11 is 8.41. The Balaban J connectivity index is 2.18. The third-order valence-electron chi connectivity index (χ3n) is 4.15. The molecule has 0 atom stereocenters. The van der Waals surface area contributed by atoms with Crippen LogP contribution in [0.3, 0.4) is 0 Å². The number of carbonyl (C=O) groups excluding carboxylic acids is 1. The minimum atomic E-state index is -0.131. The molecule has 2 aromatic rings. The molecule has 0 aliphatic heterocycles. The molecule has 0 aliphatic rings. The second-order valence-corrected chi connectivity index (χ2v) is 8.26. The highest BCUT2D eigenvalue weighted by molar-refractivity contribution is 14.1. The van der Waals surface area contributed by atoms with Crippen LogP contribution in [0, 0.1) is 10.5 Å². The van der Waals surface area contributed by atoms with E-state index in [1.807, 2.05) is 44.3 Å². The Bertz CT molecular complexity index is 780. The highest BCUT2D eigenvalue weighted by Crippen LogP contribution is 2.29. The maximum Gasteiger partial charge on any atom is 0.255 e. The maximum atomic E-state index is 12.7. The number of benzene rings is 2. The van der Waals surface area contributed by atoms with Crippen molar-refractivity contribution in [3.63, 3.8) is 0 Å². The molecule has 0 unspecified atom stereocenters. The highest BCUT2D eigenvalue weighted by Gasteiger charge is 2.13. The molecule has 0 spiro atoms. The van der Waals surface area contributed by atoms with Gasteiger partial charge >= 0.3 is 0 Å². The molecular weight excluding hydrogens is 461 g/mol. The van der Waals surface area contributed by atoms with Crippen LogP contribution >= 0.6 is 34.2 Å². The number of halogens is 2. The molecule has 1 amide bonds. The third kappa shape index (κ3) is 5.86. The Kier molecular flexibility index (Phi) is 7.73. The van der Waals surface area contributed by atoms with Crippen molar-refractivity contribution in [2.24, 2.45) is 0 Å². The van der Waals surface area contributed by atoms with E-state index in [1.165, 1.54) is 0 Å². The Labute approximate surface area is 174 Å². The van der Waals surface area contributed by atoms with Crippen molar-refractivity contribution in [2.45, 2.75) is 13.3 Å². The summed E-state index contributed by atoms with van der Waals surface area (Å²) in [6, 6.07) is 11.3. The number of rotatable bonds is 7. The number of hydrogen-bond donors (Lipinski definition) is 1. The molecule has 26 heavy (non-hydrogen) atoms. The molecule has 4 nitrogen and oxygen atoms in total. The van der Waals surface area contributed by atoms with E-state index in [0.29, 0.717) is 10.6 Å². The van der Waals surface area contributed by atoms with Gasteiger partial charge in [0.05, 0.1) is 11.4 Å². The summed E-state index contributed by atoms with van der Waals surface area (Å²) in [6.07, 6.45) is 1.04. The second kappa shape index (κ2) is 9.58. The van der Waals surface area contributed by atoms with Gasteiger partial charge in [-0.05, 0) is 92.5 Å². The first-order valence-electron chi connectivity index (χ1n) is 8.51. The van der Waals surface area contributed by atoms with Crippen LogP contribution in [0.1, 0.15) is 22.3 Å². The summed E-state index contributed by atoms with van der Waals surface area (Å²) in [5.74, 6) is -0.131. The number of carbonyl (C=O) groups is 1. The zero-order valence-corrected chi connectivity index (χ0v) is 18.6. The fourth-order valence-electron chi connectivity index (χ4n) is 2.61. The van der Waals surface area contributed by atoms with E-state index in [-0.39, 0.29) is 5.91 Å². The molecule has 0 radical (unpaired) electrons. The smallest absolute Gasteiger partial charge is 0.255 e. The number of anilines is 2. The van der Waals surface area contributed by atoms with E-state index in [1.54, 1.807) is 6.07 Å². The van der Waals surface area contributed by atoms with Crippen LogP contribution in [0.2, 0.25) is 5.02 Å². The zero-order chi connectivity index (χ0) is 19.3. The topological polar surface area (TPSA) is 35.6 Å². The molecule has 0 saturated carbocycles. The van der Waals surface area contributed by atoms with E-state index in [4.69, 9.17) is 11.6 Å². The summed E-state index contributed by atoms with van der Waals surface area (Å²) in [6.45, 7) is 3.94. The van der Waals surface area contributed by atoms with Crippen molar-refractivity contribution in [3.05, 3.63) is 56.1 Å². The Morgan fingerprint density at radius 3 is 2.50 bits per heavy atom. The van der Waals surface area contributed by atoms with Gasteiger partial charge in [0.25, 0.3) is 5.91 Å². The molecule has 0 aromatic heterocycles. The molecule has 1 N–H and O–H groups in total. The number of amides is 1. The SMILES string of the molecule is Cc1ccc(C(=O)Nc2cc(Cl)ccc2N(C)CCCN(C)C)cc1I.